The SMILES string of the molecule is Cc1ccc(NCC(=O)NNC(=O)c2ccc(Cl)nc2)c(C)c1. The van der Waals surface area contributed by atoms with Gasteiger partial charge >= 0.3 is 0 Å². The summed E-state index contributed by atoms with van der Waals surface area (Å²) in [6.45, 7) is 4.01. The minimum absolute atomic E-state index is 0.0447. The molecule has 0 fully saturated rings. The molecule has 23 heavy (non-hydrogen) atoms. The Morgan fingerprint density at radius 3 is 2.57 bits per heavy atom. The number of hydrazine groups is 1. The van der Waals surface area contributed by atoms with Crippen LogP contribution in [0.3, 0.4) is 0 Å². The van der Waals surface area contributed by atoms with E-state index in [-0.39, 0.29) is 12.5 Å². The monoisotopic (exact) mass is 332 g/mol. The number of aromatic nitrogens is 1. The van der Waals surface area contributed by atoms with Crippen molar-refractivity contribution in [1.29, 1.82) is 0 Å². The molecule has 0 atom stereocenters. The van der Waals surface area contributed by atoms with E-state index >= 15 is 0 Å². The number of aryl methyl sites for hydroxylation is 2. The van der Waals surface area contributed by atoms with Crippen LogP contribution in [0.2, 0.25) is 5.15 Å². The number of hydrogen-bond donors (Lipinski definition) is 3. The first-order valence-corrected chi connectivity index (χ1v) is 7.35. The molecule has 1 heterocycles. The lowest BCUT2D eigenvalue weighted by molar-refractivity contribution is -0.120. The van der Waals surface area contributed by atoms with Gasteiger partial charge in [0.15, 0.2) is 0 Å². The lowest BCUT2D eigenvalue weighted by Crippen LogP contribution is -2.44. The van der Waals surface area contributed by atoms with Crippen LogP contribution >= 0.6 is 11.6 Å². The van der Waals surface area contributed by atoms with E-state index in [1.807, 2.05) is 32.0 Å². The molecule has 0 saturated carbocycles. The summed E-state index contributed by atoms with van der Waals surface area (Å²) in [5.74, 6) is -0.825. The maximum atomic E-state index is 11.8. The molecule has 1 aromatic heterocycles. The van der Waals surface area contributed by atoms with Crippen LogP contribution in [-0.2, 0) is 4.79 Å². The second kappa shape index (κ2) is 7.60. The van der Waals surface area contributed by atoms with Crippen LogP contribution in [0.15, 0.2) is 36.5 Å². The van der Waals surface area contributed by atoms with Crippen LogP contribution in [0, 0.1) is 13.8 Å². The highest BCUT2D eigenvalue weighted by atomic mass is 35.5. The van der Waals surface area contributed by atoms with E-state index < -0.39 is 5.91 Å². The Morgan fingerprint density at radius 1 is 1.13 bits per heavy atom. The average molecular weight is 333 g/mol. The Morgan fingerprint density at radius 2 is 1.91 bits per heavy atom. The lowest BCUT2D eigenvalue weighted by Gasteiger charge is -2.11. The molecular formula is C16H17ClN4O2. The molecule has 2 aromatic rings. The summed E-state index contributed by atoms with van der Waals surface area (Å²) in [7, 11) is 0. The van der Waals surface area contributed by atoms with Crippen molar-refractivity contribution in [1.82, 2.24) is 15.8 Å². The number of nitrogens with one attached hydrogen (secondary N) is 3. The number of rotatable bonds is 4. The van der Waals surface area contributed by atoms with Crippen molar-refractivity contribution in [3.8, 4) is 0 Å². The van der Waals surface area contributed by atoms with E-state index in [9.17, 15) is 9.59 Å². The Kier molecular flexibility index (Phi) is 5.54. The van der Waals surface area contributed by atoms with E-state index in [2.05, 4.69) is 21.2 Å². The molecule has 120 valence electrons. The van der Waals surface area contributed by atoms with Crippen LogP contribution in [0.1, 0.15) is 21.5 Å². The molecular weight excluding hydrogens is 316 g/mol. The largest absolute Gasteiger partial charge is 0.376 e. The first kappa shape index (κ1) is 16.8. The van der Waals surface area contributed by atoms with Crippen molar-refractivity contribution in [2.24, 2.45) is 0 Å². The van der Waals surface area contributed by atoms with Gasteiger partial charge in [-0.3, -0.25) is 20.4 Å². The highest BCUT2D eigenvalue weighted by Gasteiger charge is 2.08. The van der Waals surface area contributed by atoms with Gasteiger partial charge < -0.3 is 5.32 Å². The van der Waals surface area contributed by atoms with Gasteiger partial charge in [-0.1, -0.05) is 29.3 Å². The van der Waals surface area contributed by atoms with Crippen molar-refractivity contribution >= 4 is 29.1 Å². The predicted octanol–water partition coefficient (Wildman–Crippen LogP) is 2.22. The zero-order valence-electron chi connectivity index (χ0n) is 12.8. The average Bonchev–Trinajstić information content (AvgIpc) is 2.52. The van der Waals surface area contributed by atoms with Crippen molar-refractivity contribution < 1.29 is 9.59 Å². The third kappa shape index (κ3) is 4.96. The highest BCUT2D eigenvalue weighted by Crippen LogP contribution is 2.15. The van der Waals surface area contributed by atoms with Crippen LogP contribution < -0.4 is 16.2 Å². The fourth-order valence-corrected chi connectivity index (χ4v) is 2.05. The van der Waals surface area contributed by atoms with E-state index in [4.69, 9.17) is 11.6 Å². The van der Waals surface area contributed by atoms with Gasteiger partial charge in [0.05, 0.1) is 12.1 Å². The molecule has 0 radical (unpaired) electrons. The van der Waals surface area contributed by atoms with E-state index in [1.165, 1.54) is 18.3 Å². The maximum absolute atomic E-state index is 11.8. The van der Waals surface area contributed by atoms with Crippen molar-refractivity contribution in [3.05, 3.63) is 58.4 Å². The van der Waals surface area contributed by atoms with Gasteiger partial charge in [-0.2, -0.15) is 0 Å². The molecule has 2 rings (SSSR count). The minimum atomic E-state index is -0.464. The molecule has 3 N–H and O–H groups in total. The summed E-state index contributed by atoms with van der Waals surface area (Å²) in [6.07, 6.45) is 1.33. The van der Waals surface area contributed by atoms with Crippen molar-refractivity contribution in [2.45, 2.75) is 13.8 Å². The van der Waals surface area contributed by atoms with Gasteiger partial charge in [-0.25, -0.2) is 4.98 Å². The lowest BCUT2D eigenvalue weighted by atomic mass is 10.1. The van der Waals surface area contributed by atoms with Gasteiger partial charge in [-0.15, -0.1) is 0 Å². The second-order valence-electron chi connectivity index (χ2n) is 5.04. The Bertz CT molecular complexity index is 717. The number of benzene rings is 1. The van der Waals surface area contributed by atoms with Gasteiger partial charge in [0.2, 0.25) is 0 Å². The second-order valence-corrected chi connectivity index (χ2v) is 5.43. The van der Waals surface area contributed by atoms with Crippen LogP contribution in [0.4, 0.5) is 5.69 Å². The van der Waals surface area contributed by atoms with Gasteiger partial charge in [-0.05, 0) is 37.6 Å². The smallest absolute Gasteiger partial charge is 0.271 e. The minimum Gasteiger partial charge on any atom is -0.376 e. The summed E-state index contributed by atoms with van der Waals surface area (Å²) in [5, 5.41) is 3.31. The predicted molar refractivity (Wildman–Crippen MR) is 89.3 cm³/mol. The number of amides is 2. The van der Waals surface area contributed by atoms with E-state index in [1.54, 1.807) is 0 Å². The third-order valence-electron chi connectivity index (χ3n) is 3.13. The Labute approximate surface area is 139 Å². The van der Waals surface area contributed by atoms with Gasteiger partial charge in [0.1, 0.15) is 5.15 Å². The topological polar surface area (TPSA) is 83.1 Å². The molecule has 0 saturated heterocycles. The molecule has 7 heteroatoms. The first-order chi connectivity index (χ1) is 11.0. The Balaban J connectivity index is 1.81. The van der Waals surface area contributed by atoms with Crippen molar-refractivity contribution in [2.75, 3.05) is 11.9 Å². The van der Waals surface area contributed by atoms with E-state index in [0.717, 1.165) is 16.8 Å². The standard InChI is InChI=1S/C16H17ClN4O2/c1-10-3-5-13(11(2)7-10)18-9-15(22)20-21-16(23)12-4-6-14(17)19-8-12/h3-8,18H,9H2,1-2H3,(H,20,22)(H,21,23). The molecule has 6 nitrogen and oxygen atoms in total. The molecule has 0 aliphatic rings. The quantitative estimate of drug-likeness (QED) is 0.592. The van der Waals surface area contributed by atoms with Crippen LogP contribution in [0.5, 0.6) is 0 Å². The number of halogens is 1. The summed E-state index contributed by atoms with van der Waals surface area (Å²) in [5.41, 5.74) is 8.03. The van der Waals surface area contributed by atoms with Crippen LogP contribution in [0.25, 0.3) is 0 Å². The fourth-order valence-electron chi connectivity index (χ4n) is 1.94. The molecule has 1 aromatic carbocycles. The number of anilines is 1. The maximum Gasteiger partial charge on any atom is 0.271 e. The molecule has 0 aliphatic heterocycles. The summed E-state index contributed by atoms with van der Waals surface area (Å²) >= 11 is 5.64. The number of pyridine rings is 1. The normalized spacial score (nSPS) is 10.0. The fraction of sp³-hybridized carbons (Fsp3) is 0.188. The molecule has 0 aliphatic carbocycles. The number of hydrogen-bond acceptors (Lipinski definition) is 4. The van der Waals surface area contributed by atoms with Gasteiger partial charge in [0.25, 0.3) is 11.8 Å². The van der Waals surface area contributed by atoms with Crippen LogP contribution in [-0.4, -0.2) is 23.3 Å². The number of carbonyl (C=O) groups excluding carboxylic acids is 2. The zero-order chi connectivity index (χ0) is 16.8. The molecule has 2 amide bonds. The highest BCUT2D eigenvalue weighted by molar-refractivity contribution is 6.29. The Hall–Kier alpha value is -2.60. The molecule has 0 spiro atoms. The van der Waals surface area contributed by atoms with E-state index in [0.29, 0.717) is 10.7 Å². The summed E-state index contributed by atoms with van der Waals surface area (Å²) in [4.78, 5) is 27.4. The first-order valence-electron chi connectivity index (χ1n) is 6.97. The molecule has 0 bridgehead atoms. The zero-order valence-corrected chi connectivity index (χ0v) is 13.6. The number of nitrogens with zero attached hydrogens (tertiary/aromatic N) is 1. The summed E-state index contributed by atoms with van der Waals surface area (Å²) in [6, 6.07) is 8.92. The third-order valence-corrected chi connectivity index (χ3v) is 3.35. The molecule has 0 unspecified atom stereocenters. The van der Waals surface area contributed by atoms with Crippen molar-refractivity contribution in [3.63, 3.8) is 0 Å². The number of carbonyl (C=O) groups is 2. The van der Waals surface area contributed by atoms with Gasteiger partial charge in [0, 0.05) is 11.9 Å². The summed E-state index contributed by atoms with van der Waals surface area (Å²) < 4.78 is 0.